The second-order valence-corrected chi connectivity index (χ2v) is 5.29. The molecule has 1 aromatic heterocycles. The Morgan fingerprint density at radius 3 is 3.19 bits per heavy atom. The van der Waals surface area contributed by atoms with E-state index >= 15 is 0 Å². The van der Waals surface area contributed by atoms with Gasteiger partial charge in [0.05, 0.1) is 6.10 Å². The van der Waals surface area contributed by atoms with E-state index in [0.717, 1.165) is 24.4 Å². The van der Waals surface area contributed by atoms with Crippen molar-refractivity contribution >= 4 is 11.3 Å². The second kappa shape index (κ2) is 5.77. The van der Waals surface area contributed by atoms with Crippen LogP contribution in [0.15, 0.2) is 17.5 Å². The Kier molecular flexibility index (Phi) is 4.35. The van der Waals surface area contributed by atoms with E-state index in [1.165, 1.54) is 0 Å². The molecular weight excluding hydrogens is 222 g/mol. The van der Waals surface area contributed by atoms with Crippen LogP contribution in [0.4, 0.5) is 0 Å². The monoisotopic (exact) mass is 241 g/mol. The molecule has 3 atom stereocenters. The highest BCUT2D eigenvalue weighted by Crippen LogP contribution is 2.20. The van der Waals surface area contributed by atoms with Gasteiger partial charge in [-0.15, -0.1) is 11.3 Å². The lowest BCUT2D eigenvalue weighted by atomic mass is 10.0. The van der Waals surface area contributed by atoms with E-state index in [-0.39, 0.29) is 6.10 Å². The van der Waals surface area contributed by atoms with Gasteiger partial charge in [0.15, 0.2) is 0 Å². The molecule has 1 aliphatic rings. The van der Waals surface area contributed by atoms with E-state index in [1.807, 2.05) is 17.5 Å². The zero-order valence-corrected chi connectivity index (χ0v) is 10.4. The van der Waals surface area contributed by atoms with Crippen molar-refractivity contribution in [2.75, 3.05) is 19.7 Å². The molecule has 3 nitrogen and oxygen atoms in total. The van der Waals surface area contributed by atoms with Crippen molar-refractivity contribution < 1.29 is 9.84 Å². The third-order valence-corrected chi connectivity index (χ3v) is 4.12. The van der Waals surface area contributed by atoms with Gasteiger partial charge in [0.1, 0.15) is 6.10 Å². The maximum Gasteiger partial charge on any atom is 0.101 e. The van der Waals surface area contributed by atoms with E-state index in [1.54, 1.807) is 11.3 Å². The largest absolute Gasteiger partial charge is 0.386 e. The number of nitrogens with one attached hydrogen (secondary N) is 1. The highest BCUT2D eigenvalue weighted by atomic mass is 32.1. The average Bonchev–Trinajstić information content (AvgIpc) is 2.90. The summed E-state index contributed by atoms with van der Waals surface area (Å²) in [5.74, 6) is 0.593. The first-order chi connectivity index (χ1) is 7.77. The Morgan fingerprint density at radius 1 is 1.69 bits per heavy atom. The van der Waals surface area contributed by atoms with E-state index in [0.29, 0.717) is 18.6 Å². The average molecular weight is 241 g/mol. The van der Waals surface area contributed by atoms with Crippen LogP contribution in [0.1, 0.15) is 24.3 Å². The van der Waals surface area contributed by atoms with Gasteiger partial charge in [0, 0.05) is 24.6 Å². The van der Waals surface area contributed by atoms with Gasteiger partial charge < -0.3 is 15.2 Å². The summed E-state index contributed by atoms with van der Waals surface area (Å²) in [7, 11) is 0. The van der Waals surface area contributed by atoms with Gasteiger partial charge in [-0.1, -0.05) is 6.07 Å². The van der Waals surface area contributed by atoms with Crippen LogP contribution in [0, 0.1) is 5.92 Å². The molecule has 1 aliphatic heterocycles. The summed E-state index contributed by atoms with van der Waals surface area (Å²) in [6.45, 7) is 4.56. The Balaban J connectivity index is 1.68. The smallest absolute Gasteiger partial charge is 0.101 e. The summed E-state index contributed by atoms with van der Waals surface area (Å²) in [4.78, 5) is 1.03. The Morgan fingerprint density at radius 2 is 2.56 bits per heavy atom. The molecule has 1 fully saturated rings. The number of hydrogen-bond acceptors (Lipinski definition) is 4. The third-order valence-electron chi connectivity index (χ3n) is 3.15. The first-order valence-corrected chi connectivity index (χ1v) is 6.69. The molecule has 16 heavy (non-hydrogen) atoms. The van der Waals surface area contributed by atoms with E-state index in [4.69, 9.17) is 4.74 Å². The van der Waals surface area contributed by atoms with Crippen molar-refractivity contribution in [1.29, 1.82) is 0 Å². The molecule has 3 unspecified atom stereocenters. The van der Waals surface area contributed by atoms with Crippen molar-refractivity contribution in [3.8, 4) is 0 Å². The van der Waals surface area contributed by atoms with Crippen molar-refractivity contribution in [2.45, 2.75) is 25.6 Å². The summed E-state index contributed by atoms with van der Waals surface area (Å²) in [5, 5.41) is 15.2. The number of aliphatic hydroxyl groups is 1. The number of aliphatic hydroxyl groups excluding tert-OH is 1. The van der Waals surface area contributed by atoms with Crippen LogP contribution in [0.3, 0.4) is 0 Å². The number of rotatable bonds is 5. The van der Waals surface area contributed by atoms with E-state index in [2.05, 4.69) is 12.2 Å². The minimum Gasteiger partial charge on any atom is -0.386 e. The van der Waals surface area contributed by atoms with E-state index < -0.39 is 0 Å². The van der Waals surface area contributed by atoms with Gasteiger partial charge in [-0.25, -0.2) is 0 Å². The minimum atomic E-state index is -0.377. The molecule has 0 radical (unpaired) electrons. The van der Waals surface area contributed by atoms with Crippen LogP contribution in [0.5, 0.6) is 0 Å². The first-order valence-electron chi connectivity index (χ1n) is 5.81. The summed E-state index contributed by atoms with van der Waals surface area (Å²) in [6.07, 6.45) is 1.10. The van der Waals surface area contributed by atoms with Crippen LogP contribution in [-0.4, -0.2) is 30.9 Å². The summed E-state index contributed by atoms with van der Waals surface area (Å²) >= 11 is 1.60. The molecule has 0 bridgehead atoms. The topological polar surface area (TPSA) is 41.5 Å². The number of thiophene rings is 1. The van der Waals surface area contributed by atoms with Crippen molar-refractivity contribution in [1.82, 2.24) is 5.32 Å². The number of hydrogen-bond donors (Lipinski definition) is 2. The normalized spacial score (nSPS) is 27.1. The standard InChI is InChI=1S/C12H19NO2S/c1-9-10(4-5-15-9)7-13-8-11(14)12-3-2-6-16-12/h2-3,6,9-11,13-14H,4-5,7-8H2,1H3. The van der Waals surface area contributed by atoms with Crippen LogP contribution in [0.2, 0.25) is 0 Å². The zero-order valence-electron chi connectivity index (χ0n) is 9.56. The lowest BCUT2D eigenvalue weighted by molar-refractivity contribution is 0.103. The lowest BCUT2D eigenvalue weighted by Gasteiger charge is -2.16. The molecule has 0 aromatic carbocycles. The summed E-state index contributed by atoms with van der Waals surface area (Å²) in [6, 6.07) is 3.94. The second-order valence-electron chi connectivity index (χ2n) is 4.31. The molecule has 0 spiro atoms. The Bertz CT molecular complexity index is 302. The van der Waals surface area contributed by atoms with Crippen LogP contribution >= 0.6 is 11.3 Å². The fraction of sp³-hybridized carbons (Fsp3) is 0.667. The van der Waals surface area contributed by atoms with Gasteiger partial charge >= 0.3 is 0 Å². The maximum atomic E-state index is 9.87. The fourth-order valence-corrected chi connectivity index (χ4v) is 2.74. The molecule has 0 amide bonds. The first kappa shape index (κ1) is 12.0. The molecule has 2 rings (SSSR count). The van der Waals surface area contributed by atoms with Crippen LogP contribution in [-0.2, 0) is 4.74 Å². The molecule has 0 saturated carbocycles. The highest BCUT2D eigenvalue weighted by Gasteiger charge is 2.23. The van der Waals surface area contributed by atoms with Gasteiger partial charge in [-0.3, -0.25) is 0 Å². The molecular formula is C12H19NO2S. The van der Waals surface area contributed by atoms with Gasteiger partial charge in [0.2, 0.25) is 0 Å². The predicted molar refractivity (Wildman–Crippen MR) is 65.7 cm³/mol. The maximum absolute atomic E-state index is 9.87. The van der Waals surface area contributed by atoms with Crippen molar-refractivity contribution in [3.63, 3.8) is 0 Å². The predicted octanol–water partition coefficient (Wildman–Crippen LogP) is 1.80. The Labute approximate surface area is 100 Å². The van der Waals surface area contributed by atoms with Gasteiger partial charge in [-0.05, 0) is 30.7 Å². The Hall–Kier alpha value is -0.420. The molecule has 2 N–H and O–H groups in total. The quantitative estimate of drug-likeness (QED) is 0.826. The fourth-order valence-electron chi connectivity index (χ4n) is 2.03. The van der Waals surface area contributed by atoms with Gasteiger partial charge in [-0.2, -0.15) is 0 Å². The SMILES string of the molecule is CC1OCCC1CNCC(O)c1cccs1. The van der Waals surface area contributed by atoms with Crippen molar-refractivity contribution in [3.05, 3.63) is 22.4 Å². The number of ether oxygens (including phenoxy) is 1. The molecule has 0 aliphatic carbocycles. The highest BCUT2D eigenvalue weighted by molar-refractivity contribution is 7.10. The van der Waals surface area contributed by atoms with Crippen LogP contribution < -0.4 is 5.32 Å². The van der Waals surface area contributed by atoms with Gasteiger partial charge in [0.25, 0.3) is 0 Å². The van der Waals surface area contributed by atoms with Crippen LogP contribution in [0.25, 0.3) is 0 Å². The molecule has 1 saturated heterocycles. The molecule has 2 heterocycles. The molecule has 4 heteroatoms. The van der Waals surface area contributed by atoms with E-state index in [9.17, 15) is 5.11 Å². The third kappa shape index (κ3) is 3.04. The molecule has 90 valence electrons. The summed E-state index contributed by atoms with van der Waals surface area (Å²) < 4.78 is 5.49. The zero-order chi connectivity index (χ0) is 11.4. The minimum absolute atomic E-state index is 0.353. The lowest BCUT2D eigenvalue weighted by Crippen LogP contribution is -2.30. The summed E-state index contributed by atoms with van der Waals surface area (Å²) in [5.41, 5.74) is 0. The van der Waals surface area contributed by atoms with Crippen molar-refractivity contribution in [2.24, 2.45) is 5.92 Å². The molecule has 1 aromatic rings.